The van der Waals surface area contributed by atoms with Gasteiger partial charge in [-0.15, -0.1) is 0 Å². The van der Waals surface area contributed by atoms with Crippen molar-refractivity contribution < 1.29 is 19.1 Å². The zero-order chi connectivity index (χ0) is 25.1. The Balaban J connectivity index is 1.90. The van der Waals surface area contributed by atoms with Crippen LogP contribution in [-0.2, 0) is 24.5 Å². The molecule has 1 spiro atoms. The van der Waals surface area contributed by atoms with Gasteiger partial charge in [0.15, 0.2) is 5.78 Å². The fraction of sp³-hybridized carbons (Fsp3) is 0.296. The van der Waals surface area contributed by atoms with Crippen molar-refractivity contribution >= 4 is 40.6 Å². The molecule has 2 aromatic rings. The molecule has 0 radical (unpaired) electrons. The number of ether oxygens (including phenoxy) is 1. The molecule has 0 saturated heterocycles. The lowest BCUT2D eigenvalue weighted by molar-refractivity contribution is -0.140. The largest absolute Gasteiger partial charge is 0.462 e. The molecule has 5 rings (SSSR count). The van der Waals surface area contributed by atoms with Crippen molar-refractivity contribution in [2.45, 2.75) is 45.4 Å². The van der Waals surface area contributed by atoms with Crippen LogP contribution >= 0.6 is 11.6 Å². The van der Waals surface area contributed by atoms with Gasteiger partial charge in [-0.25, -0.2) is 4.79 Å². The van der Waals surface area contributed by atoms with E-state index in [9.17, 15) is 14.4 Å². The quantitative estimate of drug-likeness (QED) is 0.617. The number of ketones is 1. The van der Waals surface area contributed by atoms with Gasteiger partial charge < -0.3 is 15.8 Å². The maximum absolute atomic E-state index is 13.9. The van der Waals surface area contributed by atoms with Crippen molar-refractivity contribution in [3.8, 4) is 0 Å². The van der Waals surface area contributed by atoms with Gasteiger partial charge in [0, 0.05) is 39.7 Å². The van der Waals surface area contributed by atoms with E-state index < -0.39 is 17.3 Å². The first-order chi connectivity index (χ1) is 16.7. The standard InChI is InChI=1S/C27H26ClN3O4/c1-4-35-25(33)23-24(29)31(17-10-8-14(2)15(3)12-17)20-6-5-7-21(32)22(20)27(23)18-13-16(28)9-11-19(18)30-26(27)34/h8-13H,4-7,29H2,1-3H3,(H,30,34). The van der Waals surface area contributed by atoms with Crippen LogP contribution in [0.5, 0.6) is 0 Å². The number of hydrogen-bond donors (Lipinski definition) is 2. The van der Waals surface area contributed by atoms with Crippen molar-refractivity contribution in [1.82, 2.24) is 0 Å². The monoisotopic (exact) mass is 491 g/mol. The molecule has 180 valence electrons. The Kier molecular flexibility index (Phi) is 5.48. The number of esters is 1. The number of carbonyl (C=O) groups excluding carboxylic acids is 3. The van der Waals surface area contributed by atoms with Crippen molar-refractivity contribution in [2.24, 2.45) is 5.73 Å². The lowest BCUT2D eigenvalue weighted by Gasteiger charge is -2.44. The zero-order valence-electron chi connectivity index (χ0n) is 19.8. The first kappa shape index (κ1) is 23.2. The molecule has 1 aliphatic carbocycles. The summed E-state index contributed by atoms with van der Waals surface area (Å²) >= 11 is 6.35. The third-order valence-electron chi connectivity index (χ3n) is 7.10. The summed E-state index contributed by atoms with van der Waals surface area (Å²) in [6.45, 7) is 5.76. The minimum atomic E-state index is -1.74. The number of hydrogen-bond acceptors (Lipinski definition) is 6. The molecule has 3 aliphatic rings. The first-order valence-corrected chi connectivity index (χ1v) is 12.0. The molecule has 3 N–H and O–H groups in total. The number of anilines is 2. The highest BCUT2D eigenvalue weighted by Crippen LogP contribution is 2.56. The Morgan fingerprint density at radius 3 is 2.63 bits per heavy atom. The van der Waals surface area contributed by atoms with E-state index >= 15 is 0 Å². The summed E-state index contributed by atoms with van der Waals surface area (Å²) in [5.74, 6) is -1.38. The Morgan fingerprint density at radius 2 is 1.91 bits per heavy atom. The minimum absolute atomic E-state index is 0.0647. The molecule has 35 heavy (non-hydrogen) atoms. The second-order valence-electron chi connectivity index (χ2n) is 9.08. The van der Waals surface area contributed by atoms with Crippen molar-refractivity contribution in [3.63, 3.8) is 0 Å². The fourth-order valence-electron chi connectivity index (χ4n) is 5.44. The molecule has 1 atom stereocenters. The average Bonchev–Trinajstić information content (AvgIpc) is 3.08. The number of allylic oxidation sites excluding steroid dienone is 1. The topological polar surface area (TPSA) is 102 Å². The minimum Gasteiger partial charge on any atom is -0.462 e. The molecule has 1 amide bonds. The normalized spacial score (nSPS) is 21.3. The Labute approximate surface area is 208 Å². The number of carbonyl (C=O) groups is 3. The molecule has 0 saturated carbocycles. The Morgan fingerprint density at radius 1 is 1.14 bits per heavy atom. The van der Waals surface area contributed by atoms with Crippen molar-refractivity contribution in [1.29, 1.82) is 0 Å². The van der Waals surface area contributed by atoms with E-state index in [1.54, 1.807) is 30.0 Å². The Bertz CT molecular complexity index is 1380. The van der Waals surface area contributed by atoms with Gasteiger partial charge >= 0.3 is 5.97 Å². The number of rotatable bonds is 3. The number of amides is 1. The lowest BCUT2D eigenvalue weighted by Crippen LogP contribution is -2.53. The van der Waals surface area contributed by atoms with Crippen LogP contribution in [0.4, 0.5) is 11.4 Å². The number of Topliss-reactive ketones (excluding diaryl/α,β-unsaturated/α-hetero) is 1. The summed E-state index contributed by atoms with van der Waals surface area (Å²) in [5.41, 5.74) is 9.64. The summed E-state index contributed by atoms with van der Waals surface area (Å²) in [7, 11) is 0. The molecular formula is C27H26ClN3O4. The summed E-state index contributed by atoms with van der Waals surface area (Å²) in [6.07, 6.45) is 1.40. The molecule has 2 aromatic carbocycles. The van der Waals surface area contributed by atoms with Gasteiger partial charge in [-0.1, -0.05) is 17.7 Å². The highest BCUT2D eigenvalue weighted by Gasteiger charge is 2.62. The Hall–Kier alpha value is -3.58. The van der Waals surface area contributed by atoms with E-state index in [0.717, 1.165) is 11.1 Å². The number of nitrogens with zero attached hydrogens (tertiary/aromatic N) is 1. The average molecular weight is 492 g/mol. The van der Waals surface area contributed by atoms with Gasteiger partial charge in [-0.3, -0.25) is 14.5 Å². The molecular weight excluding hydrogens is 466 g/mol. The molecule has 0 aromatic heterocycles. The second-order valence-corrected chi connectivity index (χ2v) is 9.51. The fourth-order valence-corrected chi connectivity index (χ4v) is 5.61. The van der Waals surface area contributed by atoms with Crippen LogP contribution in [0.25, 0.3) is 0 Å². The summed E-state index contributed by atoms with van der Waals surface area (Å²) in [5, 5.41) is 3.24. The second kappa shape index (κ2) is 8.27. The van der Waals surface area contributed by atoms with Crippen LogP contribution in [0.1, 0.15) is 42.9 Å². The van der Waals surface area contributed by atoms with Gasteiger partial charge in [0.05, 0.1) is 6.61 Å². The van der Waals surface area contributed by atoms with Crippen LogP contribution in [0.2, 0.25) is 5.02 Å². The smallest absolute Gasteiger partial charge is 0.339 e. The number of halogens is 1. The van der Waals surface area contributed by atoms with E-state index in [1.165, 1.54) is 0 Å². The van der Waals surface area contributed by atoms with Gasteiger partial charge in [0.1, 0.15) is 16.8 Å². The highest BCUT2D eigenvalue weighted by molar-refractivity contribution is 6.31. The number of nitrogens with one attached hydrogen (secondary N) is 1. The van der Waals surface area contributed by atoms with Gasteiger partial charge in [0.25, 0.3) is 0 Å². The SMILES string of the molecule is CCOC(=O)C1=C(N)N(c2ccc(C)c(C)c2)C2=C(C(=O)CCC2)C12C(=O)Nc1ccc(Cl)cc12. The van der Waals surface area contributed by atoms with Crippen molar-refractivity contribution in [3.05, 3.63) is 80.8 Å². The predicted octanol–water partition coefficient (Wildman–Crippen LogP) is 4.41. The maximum atomic E-state index is 13.9. The molecule has 0 bridgehead atoms. The van der Waals surface area contributed by atoms with Crippen LogP contribution < -0.4 is 16.0 Å². The van der Waals surface area contributed by atoms with Gasteiger partial charge in [0.2, 0.25) is 5.91 Å². The third-order valence-corrected chi connectivity index (χ3v) is 7.34. The number of fused-ring (bicyclic) bond motifs is 3. The van der Waals surface area contributed by atoms with E-state index in [2.05, 4.69) is 5.32 Å². The van der Waals surface area contributed by atoms with E-state index in [4.69, 9.17) is 22.1 Å². The molecule has 1 unspecified atom stereocenters. The molecule has 0 fully saturated rings. The predicted molar refractivity (Wildman–Crippen MR) is 134 cm³/mol. The summed E-state index contributed by atoms with van der Waals surface area (Å²) in [6, 6.07) is 10.8. The lowest BCUT2D eigenvalue weighted by atomic mass is 9.63. The third kappa shape index (κ3) is 3.22. The van der Waals surface area contributed by atoms with E-state index in [1.807, 2.05) is 32.0 Å². The molecule has 8 heteroatoms. The van der Waals surface area contributed by atoms with Crippen LogP contribution in [0.3, 0.4) is 0 Å². The molecule has 7 nitrogen and oxygen atoms in total. The van der Waals surface area contributed by atoms with Crippen LogP contribution in [-0.4, -0.2) is 24.3 Å². The highest BCUT2D eigenvalue weighted by atomic mass is 35.5. The summed E-state index contributed by atoms with van der Waals surface area (Å²) in [4.78, 5) is 42.8. The number of benzene rings is 2. The zero-order valence-corrected chi connectivity index (χ0v) is 20.6. The van der Waals surface area contributed by atoms with Crippen molar-refractivity contribution in [2.75, 3.05) is 16.8 Å². The van der Waals surface area contributed by atoms with Crippen LogP contribution in [0, 0.1) is 13.8 Å². The molecule has 2 aliphatic heterocycles. The molecule has 2 heterocycles. The van der Waals surface area contributed by atoms with E-state index in [-0.39, 0.29) is 35.8 Å². The number of aryl methyl sites for hydroxylation is 2. The van der Waals surface area contributed by atoms with E-state index in [0.29, 0.717) is 40.5 Å². The maximum Gasteiger partial charge on any atom is 0.339 e. The first-order valence-electron chi connectivity index (χ1n) is 11.6. The number of nitrogens with two attached hydrogens (primary N) is 1. The summed E-state index contributed by atoms with van der Waals surface area (Å²) < 4.78 is 5.42. The van der Waals surface area contributed by atoms with Crippen LogP contribution in [0.15, 0.2) is 59.1 Å². The van der Waals surface area contributed by atoms with Gasteiger partial charge in [-0.05, 0) is 75.1 Å². The van der Waals surface area contributed by atoms with Gasteiger partial charge in [-0.2, -0.15) is 0 Å².